The number of para-hydroxylation sites is 2. The van der Waals surface area contributed by atoms with Gasteiger partial charge in [-0.25, -0.2) is 14.6 Å². The first-order valence-corrected chi connectivity index (χ1v) is 10.6. The molecule has 1 N–H and O–H groups in total. The van der Waals surface area contributed by atoms with E-state index in [1.165, 1.54) is 11.8 Å². The number of rotatable bonds is 6. The normalized spacial score (nSPS) is 11.0. The molecule has 5 rings (SSSR count). The SMILES string of the molecule is O=C(Nc1ccc(-n2cccn2)nc1)c1ccccc1CSc1nc2ccccc2o1. The van der Waals surface area contributed by atoms with Crippen LogP contribution in [0.15, 0.2) is 95.0 Å². The number of hydrogen-bond donors (Lipinski definition) is 1. The fourth-order valence-corrected chi connectivity index (χ4v) is 3.96. The molecular weight excluding hydrogens is 410 g/mol. The highest BCUT2D eigenvalue weighted by Gasteiger charge is 2.13. The quantitative estimate of drug-likeness (QED) is 0.386. The summed E-state index contributed by atoms with van der Waals surface area (Å²) >= 11 is 1.46. The third-order valence-electron chi connectivity index (χ3n) is 4.63. The highest BCUT2D eigenvalue weighted by atomic mass is 32.2. The second kappa shape index (κ2) is 8.45. The van der Waals surface area contributed by atoms with E-state index in [0.717, 1.165) is 16.7 Å². The molecule has 152 valence electrons. The van der Waals surface area contributed by atoms with Gasteiger partial charge in [-0.3, -0.25) is 4.79 Å². The molecule has 0 aliphatic carbocycles. The topological polar surface area (TPSA) is 85.8 Å². The summed E-state index contributed by atoms with van der Waals surface area (Å²) in [5, 5.41) is 7.64. The van der Waals surface area contributed by atoms with Crippen LogP contribution in [0.1, 0.15) is 15.9 Å². The lowest BCUT2D eigenvalue weighted by Gasteiger charge is -2.10. The van der Waals surface area contributed by atoms with Gasteiger partial charge in [-0.1, -0.05) is 42.1 Å². The highest BCUT2D eigenvalue weighted by molar-refractivity contribution is 7.98. The minimum Gasteiger partial charge on any atom is -0.431 e. The van der Waals surface area contributed by atoms with Crippen molar-refractivity contribution in [2.24, 2.45) is 0 Å². The lowest BCUT2D eigenvalue weighted by Crippen LogP contribution is -2.14. The third kappa shape index (κ3) is 4.19. The number of fused-ring (bicyclic) bond motifs is 1. The fourth-order valence-electron chi connectivity index (χ4n) is 3.12. The Morgan fingerprint density at radius 2 is 1.90 bits per heavy atom. The van der Waals surface area contributed by atoms with Gasteiger partial charge in [0, 0.05) is 23.7 Å². The van der Waals surface area contributed by atoms with Crippen LogP contribution < -0.4 is 5.32 Å². The van der Waals surface area contributed by atoms with Crippen LogP contribution in [0, 0.1) is 0 Å². The number of thioether (sulfide) groups is 1. The van der Waals surface area contributed by atoms with Crippen LogP contribution in [0.4, 0.5) is 5.69 Å². The number of pyridine rings is 1. The monoisotopic (exact) mass is 427 g/mol. The average Bonchev–Trinajstić information content (AvgIpc) is 3.48. The number of carbonyl (C=O) groups excluding carboxylic acids is 1. The van der Waals surface area contributed by atoms with Crippen molar-refractivity contribution in [2.75, 3.05) is 5.32 Å². The lowest BCUT2D eigenvalue weighted by molar-refractivity contribution is 0.102. The number of benzene rings is 2. The van der Waals surface area contributed by atoms with Crippen LogP contribution in [-0.2, 0) is 5.75 Å². The summed E-state index contributed by atoms with van der Waals surface area (Å²) in [6.07, 6.45) is 5.11. The Morgan fingerprint density at radius 1 is 1.03 bits per heavy atom. The van der Waals surface area contributed by atoms with E-state index < -0.39 is 0 Å². The molecule has 7 nitrogen and oxygen atoms in total. The second-order valence-electron chi connectivity index (χ2n) is 6.70. The van der Waals surface area contributed by atoms with Crippen molar-refractivity contribution in [1.82, 2.24) is 19.7 Å². The average molecular weight is 427 g/mol. The first kappa shape index (κ1) is 19.1. The molecule has 0 fully saturated rings. The van der Waals surface area contributed by atoms with Crippen LogP contribution in [-0.4, -0.2) is 25.7 Å². The number of nitrogens with one attached hydrogen (secondary N) is 1. The van der Waals surface area contributed by atoms with Gasteiger partial charge in [-0.2, -0.15) is 5.10 Å². The summed E-state index contributed by atoms with van der Waals surface area (Å²) < 4.78 is 7.42. The van der Waals surface area contributed by atoms with Gasteiger partial charge in [0.2, 0.25) is 0 Å². The molecular formula is C23H17N5O2S. The van der Waals surface area contributed by atoms with E-state index in [1.54, 1.807) is 29.2 Å². The van der Waals surface area contributed by atoms with Gasteiger partial charge in [0.15, 0.2) is 11.4 Å². The first-order valence-electron chi connectivity index (χ1n) is 9.60. The van der Waals surface area contributed by atoms with Crippen LogP contribution in [0.3, 0.4) is 0 Å². The third-order valence-corrected chi connectivity index (χ3v) is 5.51. The summed E-state index contributed by atoms with van der Waals surface area (Å²) in [4.78, 5) is 21.7. The first-order chi connectivity index (χ1) is 15.3. The predicted molar refractivity (Wildman–Crippen MR) is 119 cm³/mol. The Kier molecular flexibility index (Phi) is 5.20. The molecule has 0 aliphatic heterocycles. The Morgan fingerprint density at radius 3 is 2.71 bits per heavy atom. The molecule has 0 spiro atoms. The number of nitrogens with zero attached hydrogens (tertiary/aromatic N) is 4. The molecule has 0 bridgehead atoms. The van der Waals surface area contributed by atoms with Crippen molar-refractivity contribution in [2.45, 2.75) is 11.0 Å². The molecule has 8 heteroatoms. The van der Waals surface area contributed by atoms with Crippen molar-refractivity contribution in [3.05, 3.63) is 96.4 Å². The number of amides is 1. The summed E-state index contributed by atoms with van der Waals surface area (Å²) in [5.74, 6) is 1.05. The van der Waals surface area contributed by atoms with Crippen LogP contribution >= 0.6 is 11.8 Å². The maximum absolute atomic E-state index is 12.9. The molecule has 0 atom stereocenters. The smallest absolute Gasteiger partial charge is 0.257 e. The summed E-state index contributed by atoms with van der Waals surface area (Å²) in [6, 6.07) is 20.6. The highest BCUT2D eigenvalue weighted by Crippen LogP contribution is 2.27. The Labute approximate surface area is 182 Å². The molecule has 0 saturated carbocycles. The number of carbonyl (C=O) groups is 1. The molecule has 0 radical (unpaired) electrons. The maximum Gasteiger partial charge on any atom is 0.257 e. The van der Waals surface area contributed by atoms with Crippen LogP contribution in [0.25, 0.3) is 16.9 Å². The maximum atomic E-state index is 12.9. The van der Waals surface area contributed by atoms with Crippen LogP contribution in [0.5, 0.6) is 0 Å². The van der Waals surface area contributed by atoms with Crippen molar-refractivity contribution >= 4 is 34.5 Å². The molecule has 0 unspecified atom stereocenters. The fraction of sp³-hybridized carbons (Fsp3) is 0.0435. The molecule has 3 aromatic heterocycles. The summed E-state index contributed by atoms with van der Waals surface area (Å²) in [5.41, 5.74) is 3.68. The minimum atomic E-state index is -0.192. The largest absolute Gasteiger partial charge is 0.431 e. The molecule has 5 aromatic rings. The Balaban J connectivity index is 1.29. The minimum absolute atomic E-state index is 0.192. The summed E-state index contributed by atoms with van der Waals surface area (Å²) in [6.45, 7) is 0. The molecule has 31 heavy (non-hydrogen) atoms. The van der Waals surface area contributed by atoms with E-state index in [0.29, 0.717) is 28.0 Å². The predicted octanol–water partition coefficient (Wildman–Crippen LogP) is 4.95. The van der Waals surface area contributed by atoms with E-state index in [-0.39, 0.29) is 5.91 Å². The van der Waals surface area contributed by atoms with Gasteiger partial charge in [-0.05, 0) is 42.0 Å². The van der Waals surface area contributed by atoms with Gasteiger partial charge >= 0.3 is 0 Å². The van der Waals surface area contributed by atoms with Gasteiger partial charge in [0.1, 0.15) is 5.52 Å². The lowest BCUT2D eigenvalue weighted by atomic mass is 10.1. The van der Waals surface area contributed by atoms with E-state index >= 15 is 0 Å². The Bertz CT molecular complexity index is 1300. The summed E-state index contributed by atoms with van der Waals surface area (Å²) in [7, 11) is 0. The molecule has 2 aromatic carbocycles. The van der Waals surface area contributed by atoms with E-state index in [4.69, 9.17) is 4.42 Å². The molecule has 3 heterocycles. The second-order valence-corrected chi connectivity index (χ2v) is 7.63. The number of anilines is 1. The van der Waals surface area contributed by atoms with E-state index in [9.17, 15) is 4.79 Å². The van der Waals surface area contributed by atoms with E-state index in [1.807, 2.05) is 60.8 Å². The van der Waals surface area contributed by atoms with Crippen LogP contribution in [0.2, 0.25) is 0 Å². The molecule has 0 saturated heterocycles. The van der Waals surface area contributed by atoms with Crippen molar-refractivity contribution < 1.29 is 9.21 Å². The zero-order valence-corrected chi connectivity index (χ0v) is 17.1. The van der Waals surface area contributed by atoms with Gasteiger partial charge < -0.3 is 9.73 Å². The van der Waals surface area contributed by atoms with Crippen molar-refractivity contribution in [3.63, 3.8) is 0 Å². The standard InChI is InChI=1S/C23H17N5O2S/c29-22(26-17-10-11-21(24-14-17)28-13-5-12-25-28)18-7-2-1-6-16(18)15-31-23-27-19-8-3-4-9-20(19)30-23/h1-14H,15H2,(H,26,29). The van der Waals surface area contributed by atoms with Gasteiger partial charge in [-0.15, -0.1) is 0 Å². The van der Waals surface area contributed by atoms with Gasteiger partial charge in [0.05, 0.1) is 11.9 Å². The molecule has 0 aliphatic rings. The number of oxazole rings is 1. The zero-order chi connectivity index (χ0) is 21.0. The molecule has 1 amide bonds. The zero-order valence-electron chi connectivity index (χ0n) is 16.3. The number of hydrogen-bond acceptors (Lipinski definition) is 6. The van der Waals surface area contributed by atoms with Crippen molar-refractivity contribution in [1.29, 1.82) is 0 Å². The van der Waals surface area contributed by atoms with Crippen molar-refractivity contribution in [3.8, 4) is 5.82 Å². The number of aromatic nitrogens is 4. The van der Waals surface area contributed by atoms with E-state index in [2.05, 4.69) is 20.4 Å². The van der Waals surface area contributed by atoms with Gasteiger partial charge in [0.25, 0.3) is 11.1 Å². The Hall–Kier alpha value is -3.91.